The molecule has 0 amide bonds. The van der Waals surface area contributed by atoms with Gasteiger partial charge in [0.1, 0.15) is 0 Å². The monoisotopic (exact) mass is 260 g/mol. The second-order valence-corrected chi connectivity index (χ2v) is 7.24. The highest BCUT2D eigenvalue weighted by Crippen LogP contribution is 2.30. The maximum atomic E-state index is 9.36. The Morgan fingerprint density at radius 2 is 2.11 bits per heavy atom. The van der Waals surface area contributed by atoms with Crippen molar-refractivity contribution in [1.82, 2.24) is 4.90 Å². The lowest BCUT2D eigenvalue weighted by Gasteiger charge is -2.38. The van der Waals surface area contributed by atoms with Crippen LogP contribution in [0.4, 0.5) is 0 Å². The zero-order chi connectivity index (χ0) is 13.0. The molecule has 1 aliphatic heterocycles. The van der Waals surface area contributed by atoms with Gasteiger partial charge in [-0.3, -0.25) is 4.90 Å². The highest BCUT2D eigenvalue weighted by atomic mass is 32.2. The third-order valence-corrected chi connectivity index (χ3v) is 4.60. The van der Waals surface area contributed by atoms with Gasteiger partial charge in [0.2, 0.25) is 0 Å². The Morgan fingerprint density at radius 1 is 1.39 bits per heavy atom. The van der Waals surface area contributed by atoms with Gasteiger partial charge in [-0.2, -0.15) is 17.0 Å². The first-order chi connectivity index (χ1) is 8.61. The van der Waals surface area contributed by atoms with Crippen LogP contribution < -0.4 is 0 Å². The van der Waals surface area contributed by atoms with E-state index in [1.165, 1.54) is 5.75 Å². The molecular formula is C15H20N2S. The molecule has 3 heteroatoms. The van der Waals surface area contributed by atoms with Crippen LogP contribution in [0.25, 0.3) is 0 Å². The third-order valence-electron chi connectivity index (χ3n) is 3.30. The predicted octanol–water partition coefficient (Wildman–Crippen LogP) is 3.12. The number of thioether (sulfide) groups is 1. The summed E-state index contributed by atoms with van der Waals surface area (Å²) in [6, 6.07) is 12.6. The van der Waals surface area contributed by atoms with E-state index in [2.05, 4.69) is 36.9 Å². The molecule has 1 saturated heterocycles. The van der Waals surface area contributed by atoms with Crippen molar-refractivity contribution >= 4 is 11.8 Å². The Hall–Kier alpha value is -0.980. The Morgan fingerprint density at radius 3 is 2.72 bits per heavy atom. The van der Waals surface area contributed by atoms with Crippen molar-refractivity contribution in [2.75, 3.05) is 25.4 Å². The second kappa shape index (κ2) is 5.77. The van der Waals surface area contributed by atoms with Crippen molar-refractivity contribution in [3.05, 3.63) is 35.9 Å². The molecule has 1 heterocycles. The minimum absolute atomic E-state index is 0.00917. The maximum Gasteiger partial charge on any atom is 0.0839 e. The van der Waals surface area contributed by atoms with Crippen molar-refractivity contribution < 1.29 is 0 Å². The average Bonchev–Trinajstić information content (AvgIpc) is 2.36. The SMILES string of the molecule is CC1(C)CN(CC(C#N)c2ccccc2)CCS1. The normalized spacial score (nSPS) is 21.2. The molecule has 0 aliphatic carbocycles. The van der Waals surface area contributed by atoms with Gasteiger partial charge < -0.3 is 0 Å². The molecule has 1 aromatic rings. The zero-order valence-electron chi connectivity index (χ0n) is 11.1. The minimum Gasteiger partial charge on any atom is -0.300 e. The molecule has 2 nitrogen and oxygen atoms in total. The molecule has 0 aromatic heterocycles. The molecule has 1 fully saturated rings. The highest BCUT2D eigenvalue weighted by Gasteiger charge is 2.28. The van der Waals surface area contributed by atoms with E-state index in [0.29, 0.717) is 4.75 Å². The first-order valence-electron chi connectivity index (χ1n) is 6.41. The van der Waals surface area contributed by atoms with Gasteiger partial charge in [-0.1, -0.05) is 30.3 Å². The molecule has 0 radical (unpaired) electrons. The van der Waals surface area contributed by atoms with E-state index in [4.69, 9.17) is 0 Å². The maximum absolute atomic E-state index is 9.36. The van der Waals surface area contributed by atoms with Gasteiger partial charge in [0.15, 0.2) is 0 Å². The van der Waals surface area contributed by atoms with E-state index in [9.17, 15) is 5.26 Å². The van der Waals surface area contributed by atoms with Crippen molar-refractivity contribution in [2.45, 2.75) is 24.5 Å². The van der Waals surface area contributed by atoms with Crippen LogP contribution in [0.3, 0.4) is 0 Å². The third kappa shape index (κ3) is 3.51. The Labute approximate surface area is 114 Å². The minimum atomic E-state index is -0.00917. The molecule has 18 heavy (non-hydrogen) atoms. The van der Waals surface area contributed by atoms with Crippen LogP contribution in [0.15, 0.2) is 30.3 Å². The zero-order valence-corrected chi connectivity index (χ0v) is 11.9. The van der Waals surface area contributed by atoms with Crippen LogP contribution in [-0.2, 0) is 0 Å². The standard InChI is InChI=1S/C15H20N2S/c1-15(2)12-17(8-9-18-15)11-14(10-16)13-6-4-3-5-7-13/h3-7,14H,8-9,11-12H2,1-2H3. The van der Waals surface area contributed by atoms with E-state index >= 15 is 0 Å². The number of nitrogens with zero attached hydrogens (tertiary/aromatic N) is 2. The van der Waals surface area contributed by atoms with Gasteiger partial charge >= 0.3 is 0 Å². The molecule has 1 aromatic carbocycles. The van der Waals surface area contributed by atoms with Crippen molar-refractivity contribution in [3.63, 3.8) is 0 Å². The van der Waals surface area contributed by atoms with E-state index in [1.54, 1.807) is 0 Å². The smallest absolute Gasteiger partial charge is 0.0839 e. The fraction of sp³-hybridized carbons (Fsp3) is 0.533. The number of benzene rings is 1. The topological polar surface area (TPSA) is 27.0 Å². The molecule has 1 unspecified atom stereocenters. The van der Waals surface area contributed by atoms with Crippen LogP contribution >= 0.6 is 11.8 Å². The van der Waals surface area contributed by atoms with E-state index in [0.717, 1.165) is 25.2 Å². The number of rotatable bonds is 3. The summed E-state index contributed by atoms with van der Waals surface area (Å²) >= 11 is 2.03. The fourth-order valence-electron chi connectivity index (χ4n) is 2.43. The Bertz CT molecular complexity index is 422. The molecular weight excluding hydrogens is 240 g/mol. The largest absolute Gasteiger partial charge is 0.300 e. The van der Waals surface area contributed by atoms with Crippen LogP contribution in [0.5, 0.6) is 0 Å². The molecule has 2 rings (SSSR count). The summed E-state index contributed by atoms with van der Waals surface area (Å²) in [5.74, 6) is 1.16. The van der Waals surface area contributed by atoms with Gasteiger partial charge in [0, 0.05) is 30.1 Å². The van der Waals surface area contributed by atoms with Crippen LogP contribution in [0.1, 0.15) is 25.3 Å². The second-order valence-electron chi connectivity index (χ2n) is 5.44. The average molecular weight is 260 g/mol. The summed E-state index contributed by atoms with van der Waals surface area (Å²) in [5, 5.41) is 9.36. The fourth-order valence-corrected chi connectivity index (χ4v) is 3.61. The number of hydrogen-bond donors (Lipinski definition) is 0. The summed E-state index contributed by atoms with van der Waals surface area (Å²) < 4.78 is 0.314. The van der Waals surface area contributed by atoms with Gasteiger partial charge in [-0.05, 0) is 19.4 Å². The molecule has 0 N–H and O–H groups in total. The van der Waals surface area contributed by atoms with E-state index in [-0.39, 0.29) is 5.92 Å². The number of nitriles is 1. The van der Waals surface area contributed by atoms with Gasteiger partial charge in [-0.15, -0.1) is 0 Å². The molecule has 0 saturated carbocycles. The molecule has 1 aliphatic rings. The van der Waals surface area contributed by atoms with Gasteiger partial charge in [0.25, 0.3) is 0 Å². The van der Waals surface area contributed by atoms with Crippen LogP contribution in [-0.4, -0.2) is 35.0 Å². The molecule has 96 valence electrons. The van der Waals surface area contributed by atoms with Crippen molar-refractivity contribution in [1.29, 1.82) is 5.26 Å². The van der Waals surface area contributed by atoms with E-state index < -0.39 is 0 Å². The summed E-state index contributed by atoms with van der Waals surface area (Å²) in [6.45, 7) is 7.59. The lowest BCUT2D eigenvalue weighted by molar-refractivity contribution is 0.256. The lowest BCUT2D eigenvalue weighted by atomic mass is 9.99. The molecule has 0 bridgehead atoms. The first-order valence-corrected chi connectivity index (χ1v) is 7.40. The highest BCUT2D eigenvalue weighted by molar-refractivity contribution is 8.00. The summed E-state index contributed by atoms with van der Waals surface area (Å²) in [4.78, 5) is 2.43. The quantitative estimate of drug-likeness (QED) is 0.835. The van der Waals surface area contributed by atoms with Crippen LogP contribution in [0, 0.1) is 11.3 Å². The summed E-state index contributed by atoms with van der Waals surface area (Å²) in [6.07, 6.45) is 0. The van der Waals surface area contributed by atoms with Crippen LogP contribution in [0.2, 0.25) is 0 Å². The van der Waals surface area contributed by atoms with Gasteiger partial charge in [0.05, 0.1) is 12.0 Å². The Balaban J connectivity index is 2.01. The first kappa shape index (κ1) is 13.5. The van der Waals surface area contributed by atoms with E-state index in [1.807, 2.05) is 30.0 Å². The summed E-state index contributed by atoms with van der Waals surface area (Å²) in [5.41, 5.74) is 1.14. The van der Waals surface area contributed by atoms with Crippen molar-refractivity contribution in [3.8, 4) is 6.07 Å². The van der Waals surface area contributed by atoms with Crippen molar-refractivity contribution in [2.24, 2.45) is 0 Å². The lowest BCUT2D eigenvalue weighted by Crippen LogP contribution is -2.44. The number of hydrogen-bond acceptors (Lipinski definition) is 3. The van der Waals surface area contributed by atoms with Gasteiger partial charge in [-0.25, -0.2) is 0 Å². The Kier molecular flexibility index (Phi) is 4.31. The molecule has 0 spiro atoms. The molecule has 1 atom stereocenters. The predicted molar refractivity (Wildman–Crippen MR) is 77.8 cm³/mol. The summed E-state index contributed by atoms with van der Waals surface area (Å²) in [7, 11) is 0.